The predicted molar refractivity (Wildman–Crippen MR) is 157 cm³/mol. The van der Waals surface area contributed by atoms with Crippen LogP contribution in [0.5, 0.6) is 11.5 Å². The van der Waals surface area contributed by atoms with E-state index < -0.39 is 11.7 Å². The second kappa shape index (κ2) is 12.7. The second-order valence-electron chi connectivity index (χ2n) is 8.27. The molecule has 1 amide bonds. The summed E-state index contributed by atoms with van der Waals surface area (Å²) in [5.74, 6) is 0.0275. The maximum atomic E-state index is 13.3. The standard InChI is InChI=1S/C27H22Br2ClFN4O4/c1-3-4-22-34-20-10-5-16(28)12-19(20)27(37)35(22)32-13-15-11-21(38-2)26(25(30)24(15)29)39-14-23(36)33-18-8-6-17(31)7-9-18/h5-13H,3-4,14H2,1-2H3,(H,33,36). The van der Waals surface area contributed by atoms with Crippen LogP contribution in [0.4, 0.5) is 10.1 Å². The molecule has 3 aromatic carbocycles. The van der Waals surface area contributed by atoms with Crippen molar-refractivity contribution in [2.24, 2.45) is 5.10 Å². The molecule has 8 nitrogen and oxygen atoms in total. The van der Waals surface area contributed by atoms with Gasteiger partial charge in [0.1, 0.15) is 16.7 Å². The van der Waals surface area contributed by atoms with Crippen molar-refractivity contribution in [1.82, 2.24) is 9.66 Å². The number of hydrogen-bond donors (Lipinski definition) is 1. The van der Waals surface area contributed by atoms with Crippen LogP contribution >= 0.6 is 43.5 Å². The number of nitrogens with one attached hydrogen (secondary N) is 1. The summed E-state index contributed by atoms with van der Waals surface area (Å²) in [7, 11) is 1.43. The molecule has 4 rings (SSSR count). The number of benzene rings is 3. The fraction of sp³-hybridized carbons (Fsp3) is 0.185. The fourth-order valence-electron chi connectivity index (χ4n) is 3.67. The summed E-state index contributed by atoms with van der Waals surface area (Å²) in [5, 5.41) is 7.62. The lowest BCUT2D eigenvalue weighted by molar-refractivity contribution is -0.118. The maximum absolute atomic E-state index is 13.3. The van der Waals surface area contributed by atoms with Crippen LogP contribution in [-0.2, 0) is 11.2 Å². The van der Waals surface area contributed by atoms with E-state index in [4.69, 9.17) is 21.1 Å². The number of fused-ring (bicyclic) bond motifs is 1. The van der Waals surface area contributed by atoms with Crippen molar-refractivity contribution in [3.05, 3.63) is 90.1 Å². The lowest BCUT2D eigenvalue weighted by Crippen LogP contribution is -2.22. The number of aromatic nitrogens is 2. The molecule has 0 saturated carbocycles. The van der Waals surface area contributed by atoms with E-state index in [0.29, 0.717) is 38.9 Å². The van der Waals surface area contributed by atoms with Crippen LogP contribution in [0, 0.1) is 5.82 Å². The van der Waals surface area contributed by atoms with E-state index in [2.05, 4.69) is 47.3 Å². The van der Waals surface area contributed by atoms with Gasteiger partial charge in [0.15, 0.2) is 18.1 Å². The molecule has 0 atom stereocenters. The summed E-state index contributed by atoms with van der Waals surface area (Å²) in [6, 6.07) is 12.3. The SMILES string of the molecule is CCCc1nc2ccc(Br)cc2c(=O)n1N=Cc1cc(OC)c(OCC(=O)Nc2ccc(F)cc2)c(Cl)c1Br. The average Bonchev–Trinajstić information content (AvgIpc) is 2.92. The predicted octanol–water partition coefficient (Wildman–Crippen LogP) is 6.57. The van der Waals surface area contributed by atoms with Gasteiger partial charge in [0.05, 0.1) is 24.2 Å². The summed E-state index contributed by atoms with van der Waals surface area (Å²) in [4.78, 5) is 30.2. The molecule has 39 heavy (non-hydrogen) atoms. The largest absolute Gasteiger partial charge is 0.493 e. The third-order valence-electron chi connectivity index (χ3n) is 5.51. The number of anilines is 1. The smallest absolute Gasteiger partial charge is 0.282 e. The molecule has 0 radical (unpaired) electrons. The van der Waals surface area contributed by atoms with E-state index in [1.165, 1.54) is 42.3 Å². The molecule has 202 valence electrons. The van der Waals surface area contributed by atoms with E-state index in [9.17, 15) is 14.0 Å². The molecule has 0 aliphatic rings. The summed E-state index contributed by atoms with van der Waals surface area (Å²) < 4.78 is 26.6. The van der Waals surface area contributed by atoms with Gasteiger partial charge in [-0.15, -0.1) is 0 Å². The Balaban J connectivity index is 1.62. The molecule has 0 saturated heterocycles. The Kier molecular flexibility index (Phi) is 9.36. The zero-order valence-corrected chi connectivity index (χ0v) is 24.7. The van der Waals surface area contributed by atoms with Gasteiger partial charge >= 0.3 is 0 Å². The minimum atomic E-state index is -0.472. The summed E-state index contributed by atoms with van der Waals surface area (Å²) in [6.07, 6.45) is 2.79. The zero-order chi connectivity index (χ0) is 28.1. The quantitative estimate of drug-likeness (QED) is 0.202. The monoisotopic (exact) mass is 678 g/mol. The first-order valence-corrected chi connectivity index (χ1v) is 13.7. The lowest BCUT2D eigenvalue weighted by atomic mass is 10.2. The minimum absolute atomic E-state index is 0.138. The Labute approximate surface area is 245 Å². The highest BCUT2D eigenvalue weighted by atomic mass is 79.9. The molecular formula is C27H22Br2ClFN4O4. The molecule has 0 bridgehead atoms. The van der Waals surface area contributed by atoms with Crippen LogP contribution in [0.25, 0.3) is 10.9 Å². The van der Waals surface area contributed by atoms with Gasteiger partial charge in [-0.2, -0.15) is 9.78 Å². The second-order valence-corrected chi connectivity index (χ2v) is 10.4. The molecular weight excluding hydrogens is 659 g/mol. The minimum Gasteiger partial charge on any atom is -0.493 e. The van der Waals surface area contributed by atoms with Crippen molar-refractivity contribution in [2.45, 2.75) is 19.8 Å². The molecule has 0 spiro atoms. The summed E-state index contributed by atoms with van der Waals surface area (Å²) >= 11 is 13.4. The van der Waals surface area contributed by atoms with Crippen LogP contribution in [-0.4, -0.2) is 35.5 Å². The van der Waals surface area contributed by atoms with Crippen molar-refractivity contribution in [3.63, 3.8) is 0 Å². The first-order chi connectivity index (χ1) is 18.7. The maximum Gasteiger partial charge on any atom is 0.282 e. The molecule has 0 aliphatic heterocycles. The normalized spacial score (nSPS) is 11.2. The van der Waals surface area contributed by atoms with Crippen molar-refractivity contribution < 1.29 is 18.7 Å². The highest BCUT2D eigenvalue weighted by Gasteiger charge is 2.19. The Hall–Kier alpha value is -3.28. The number of aryl methyl sites for hydroxylation is 1. The third kappa shape index (κ3) is 6.66. The van der Waals surface area contributed by atoms with E-state index in [1.807, 2.05) is 13.0 Å². The van der Waals surface area contributed by atoms with Crippen LogP contribution < -0.4 is 20.3 Å². The number of nitrogens with zero attached hydrogens (tertiary/aromatic N) is 3. The number of halogens is 4. The molecule has 12 heteroatoms. The van der Waals surface area contributed by atoms with Crippen LogP contribution in [0.15, 0.2) is 67.4 Å². The first kappa shape index (κ1) is 28.7. The van der Waals surface area contributed by atoms with Crippen LogP contribution in [0.3, 0.4) is 0 Å². The van der Waals surface area contributed by atoms with Crippen molar-refractivity contribution in [2.75, 3.05) is 19.0 Å². The molecule has 0 fully saturated rings. The van der Waals surface area contributed by atoms with Crippen LogP contribution in [0.2, 0.25) is 5.02 Å². The Bertz CT molecular complexity index is 1630. The molecule has 1 N–H and O–H groups in total. The number of carbonyl (C=O) groups is 1. The number of ether oxygens (including phenoxy) is 2. The number of amides is 1. The number of hydrogen-bond acceptors (Lipinski definition) is 6. The van der Waals surface area contributed by atoms with Crippen molar-refractivity contribution in [1.29, 1.82) is 0 Å². The van der Waals surface area contributed by atoms with E-state index >= 15 is 0 Å². The van der Waals surface area contributed by atoms with Gasteiger partial charge in [-0.25, -0.2) is 9.37 Å². The molecule has 0 aliphatic carbocycles. The zero-order valence-electron chi connectivity index (χ0n) is 20.8. The Morgan fingerprint density at radius 1 is 1.21 bits per heavy atom. The summed E-state index contributed by atoms with van der Waals surface area (Å²) in [6.45, 7) is 1.62. The molecule has 1 heterocycles. The first-order valence-electron chi connectivity index (χ1n) is 11.7. The van der Waals surface area contributed by atoms with Crippen molar-refractivity contribution in [3.8, 4) is 11.5 Å². The molecule has 4 aromatic rings. The van der Waals surface area contributed by atoms with E-state index in [-0.39, 0.29) is 28.7 Å². The highest BCUT2D eigenvalue weighted by Crippen LogP contribution is 2.42. The van der Waals surface area contributed by atoms with Gasteiger partial charge in [0.2, 0.25) is 0 Å². The van der Waals surface area contributed by atoms with Gasteiger partial charge in [0, 0.05) is 26.6 Å². The third-order valence-corrected chi connectivity index (χ3v) is 7.45. The van der Waals surface area contributed by atoms with Gasteiger partial charge < -0.3 is 14.8 Å². The number of rotatable bonds is 9. The van der Waals surface area contributed by atoms with E-state index in [1.54, 1.807) is 18.2 Å². The number of carbonyl (C=O) groups excluding carboxylic acids is 1. The van der Waals surface area contributed by atoms with Crippen molar-refractivity contribution >= 4 is 72.2 Å². The average molecular weight is 681 g/mol. The number of methoxy groups -OCH3 is 1. The van der Waals surface area contributed by atoms with Gasteiger partial charge in [-0.1, -0.05) is 34.5 Å². The Morgan fingerprint density at radius 2 is 1.95 bits per heavy atom. The van der Waals surface area contributed by atoms with Gasteiger partial charge in [0.25, 0.3) is 11.5 Å². The van der Waals surface area contributed by atoms with Crippen LogP contribution in [0.1, 0.15) is 24.7 Å². The molecule has 0 unspecified atom stereocenters. The van der Waals surface area contributed by atoms with E-state index in [0.717, 1.165) is 10.9 Å². The summed E-state index contributed by atoms with van der Waals surface area (Å²) in [5.41, 5.74) is 1.21. The Morgan fingerprint density at radius 3 is 2.64 bits per heavy atom. The topological polar surface area (TPSA) is 94.8 Å². The fourth-order valence-corrected chi connectivity index (χ4v) is 4.69. The molecule has 1 aromatic heterocycles. The lowest BCUT2D eigenvalue weighted by Gasteiger charge is -2.15. The van der Waals surface area contributed by atoms with Gasteiger partial charge in [-0.05, 0) is 70.9 Å². The van der Waals surface area contributed by atoms with Gasteiger partial charge in [-0.3, -0.25) is 9.59 Å². The highest BCUT2D eigenvalue weighted by molar-refractivity contribution is 9.10.